The summed E-state index contributed by atoms with van der Waals surface area (Å²) < 4.78 is 25.0. The van der Waals surface area contributed by atoms with Crippen molar-refractivity contribution in [2.45, 2.75) is 12.0 Å². The molecular weight excluding hydrogens is 255 g/mol. The second-order valence-corrected chi connectivity index (χ2v) is 5.23. The van der Waals surface area contributed by atoms with Crippen LogP contribution in [-0.2, 0) is 21.5 Å². The van der Waals surface area contributed by atoms with Crippen LogP contribution in [0.5, 0.6) is 0 Å². The zero-order valence-corrected chi connectivity index (χ0v) is 11.2. The molecule has 1 aliphatic heterocycles. The molecule has 2 aromatic carbocycles. The Morgan fingerprint density at radius 2 is 1.70 bits per heavy atom. The van der Waals surface area contributed by atoms with Gasteiger partial charge in [0, 0.05) is 5.56 Å². The summed E-state index contributed by atoms with van der Waals surface area (Å²) >= 11 is 0. The van der Waals surface area contributed by atoms with Crippen LogP contribution in [0, 0.1) is 5.82 Å². The highest BCUT2D eigenvalue weighted by Gasteiger charge is 2.42. The van der Waals surface area contributed by atoms with E-state index in [2.05, 4.69) is 0 Å². The molecule has 0 aromatic heterocycles. The summed E-state index contributed by atoms with van der Waals surface area (Å²) in [6.07, 6.45) is 0. The summed E-state index contributed by atoms with van der Waals surface area (Å²) in [5.74, 6) is -0.181. The zero-order valence-electron chi connectivity index (χ0n) is 11.2. The molecule has 0 spiro atoms. The molecule has 1 heterocycles. The molecule has 0 N–H and O–H groups in total. The lowest BCUT2D eigenvalue weighted by Crippen LogP contribution is -2.50. The molecule has 0 bridgehead atoms. The lowest BCUT2D eigenvalue weighted by atomic mass is 9.79. The van der Waals surface area contributed by atoms with E-state index in [1.165, 1.54) is 6.07 Å². The lowest BCUT2D eigenvalue weighted by Gasteiger charge is -2.41. The fraction of sp³-hybridized carbons (Fsp3) is 0.294. The molecule has 20 heavy (non-hydrogen) atoms. The smallest absolute Gasteiger partial charge is 0.127 e. The minimum atomic E-state index is -0.333. The van der Waals surface area contributed by atoms with Gasteiger partial charge in [0.15, 0.2) is 0 Å². The maximum atomic E-state index is 13.9. The molecular formula is C17H17FO2. The Balaban J connectivity index is 1.67. The highest BCUT2D eigenvalue weighted by atomic mass is 19.1. The number of halogens is 1. The monoisotopic (exact) mass is 272 g/mol. The van der Waals surface area contributed by atoms with Crippen LogP contribution in [0.2, 0.25) is 0 Å². The van der Waals surface area contributed by atoms with E-state index >= 15 is 0 Å². The fourth-order valence-electron chi connectivity index (χ4n) is 2.49. The minimum absolute atomic E-state index is 0.181. The molecule has 2 nitrogen and oxygen atoms in total. The molecule has 0 unspecified atom stereocenters. The van der Waals surface area contributed by atoms with E-state index in [1.807, 2.05) is 42.5 Å². The topological polar surface area (TPSA) is 18.5 Å². The normalized spacial score (nSPS) is 16.6. The minimum Gasteiger partial charge on any atom is -0.379 e. The van der Waals surface area contributed by atoms with E-state index < -0.39 is 0 Å². The zero-order chi connectivity index (χ0) is 13.8. The number of benzene rings is 2. The van der Waals surface area contributed by atoms with Crippen molar-refractivity contribution in [3.63, 3.8) is 0 Å². The third kappa shape index (κ3) is 2.60. The van der Waals surface area contributed by atoms with Gasteiger partial charge in [-0.15, -0.1) is 0 Å². The van der Waals surface area contributed by atoms with Gasteiger partial charge >= 0.3 is 0 Å². The van der Waals surface area contributed by atoms with Crippen LogP contribution in [-0.4, -0.2) is 19.8 Å². The van der Waals surface area contributed by atoms with Crippen LogP contribution in [0.4, 0.5) is 4.39 Å². The first kappa shape index (κ1) is 13.3. The Hall–Kier alpha value is -1.71. The average molecular weight is 272 g/mol. The van der Waals surface area contributed by atoms with Crippen molar-refractivity contribution < 1.29 is 13.9 Å². The molecule has 0 aliphatic carbocycles. The van der Waals surface area contributed by atoms with Crippen LogP contribution < -0.4 is 0 Å². The van der Waals surface area contributed by atoms with Gasteiger partial charge in [-0.05, 0) is 11.6 Å². The predicted molar refractivity (Wildman–Crippen MR) is 75.0 cm³/mol. The van der Waals surface area contributed by atoms with Gasteiger partial charge in [-0.25, -0.2) is 4.39 Å². The van der Waals surface area contributed by atoms with Crippen molar-refractivity contribution in [3.8, 4) is 0 Å². The van der Waals surface area contributed by atoms with Gasteiger partial charge in [-0.1, -0.05) is 48.5 Å². The van der Waals surface area contributed by atoms with Gasteiger partial charge < -0.3 is 9.47 Å². The first-order valence-corrected chi connectivity index (χ1v) is 6.75. The molecule has 3 heteroatoms. The van der Waals surface area contributed by atoms with Gasteiger partial charge in [0.2, 0.25) is 0 Å². The molecule has 1 fully saturated rings. The summed E-state index contributed by atoms with van der Waals surface area (Å²) in [5.41, 5.74) is 1.48. The van der Waals surface area contributed by atoms with E-state index in [0.29, 0.717) is 32.0 Å². The van der Waals surface area contributed by atoms with Gasteiger partial charge in [0.05, 0.1) is 31.8 Å². The van der Waals surface area contributed by atoms with Crippen molar-refractivity contribution in [3.05, 3.63) is 71.5 Å². The molecule has 3 rings (SSSR count). The summed E-state index contributed by atoms with van der Waals surface area (Å²) in [6, 6.07) is 16.9. The number of ether oxygens (including phenoxy) is 2. The van der Waals surface area contributed by atoms with Crippen LogP contribution in [0.3, 0.4) is 0 Å². The first-order chi connectivity index (χ1) is 9.80. The SMILES string of the molecule is Fc1ccccc1C1(COCc2ccccc2)COC1. The van der Waals surface area contributed by atoms with Crippen molar-refractivity contribution in [2.75, 3.05) is 19.8 Å². The third-order valence-electron chi connectivity index (χ3n) is 3.69. The molecule has 1 aliphatic rings. The second kappa shape index (κ2) is 5.73. The highest BCUT2D eigenvalue weighted by Crippen LogP contribution is 2.34. The van der Waals surface area contributed by atoms with Crippen LogP contribution in [0.15, 0.2) is 54.6 Å². The summed E-state index contributed by atoms with van der Waals surface area (Å²) in [4.78, 5) is 0. The Kier molecular flexibility index (Phi) is 3.81. The fourth-order valence-corrected chi connectivity index (χ4v) is 2.49. The molecule has 0 amide bonds. The molecule has 1 saturated heterocycles. The van der Waals surface area contributed by atoms with Gasteiger partial charge in [0.25, 0.3) is 0 Å². The number of rotatable bonds is 5. The molecule has 0 atom stereocenters. The molecule has 0 radical (unpaired) electrons. The summed E-state index contributed by atoms with van der Waals surface area (Å²) in [6.45, 7) is 2.05. The maximum absolute atomic E-state index is 13.9. The van der Waals surface area contributed by atoms with Crippen molar-refractivity contribution in [1.82, 2.24) is 0 Å². The Morgan fingerprint density at radius 3 is 2.35 bits per heavy atom. The first-order valence-electron chi connectivity index (χ1n) is 6.75. The van der Waals surface area contributed by atoms with E-state index in [9.17, 15) is 4.39 Å². The molecule has 104 valence electrons. The Morgan fingerprint density at radius 1 is 1.00 bits per heavy atom. The van der Waals surface area contributed by atoms with Gasteiger partial charge in [-0.3, -0.25) is 0 Å². The molecule has 0 saturated carbocycles. The van der Waals surface area contributed by atoms with Gasteiger partial charge in [-0.2, -0.15) is 0 Å². The van der Waals surface area contributed by atoms with Gasteiger partial charge in [0.1, 0.15) is 5.82 Å². The summed E-state index contributed by atoms with van der Waals surface area (Å²) in [7, 11) is 0. The number of hydrogen-bond acceptors (Lipinski definition) is 2. The van der Waals surface area contributed by atoms with E-state index in [1.54, 1.807) is 6.07 Å². The van der Waals surface area contributed by atoms with Crippen molar-refractivity contribution in [1.29, 1.82) is 0 Å². The second-order valence-electron chi connectivity index (χ2n) is 5.23. The standard InChI is InChI=1S/C17H17FO2/c18-16-9-5-4-8-15(16)17(12-20-13-17)11-19-10-14-6-2-1-3-7-14/h1-9H,10-13H2. The van der Waals surface area contributed by atoms with E-state index in [0.717, 1.165) is 5.56 Å². The van der Waals surface area contributed by atoms with Crippen molar-refractivity contribution >= 4 is 0 Å². The molecule has 2 aromatic rings. The van der Waals surface area contributed by atoms with Crippen LogP contribution in [0.25, 0.3) is 0 Å². The highest BCUT2D eigenvalue weighted by molar-refractivity contribution is 5.29. The van der Waals surface area contributed by atoms with Crippen molar-refractivity contribution in [2.24, 2.45) is 0 Å². The number of hydrogen-bond donors (Lipinski definition) is 0. The third-order valence-corrected chi connectivity index (χ3v) is 3.69. The maximum Gasteiger partial charge on any atom is 0.127 e. The summed E-state index contributed by atoms with van der Waals surface area (Å²) in [5, 5.41) is 0. The average Bonchev–Trinajstić information content (AvgIpc) is 2.44. The lowest BCUT2D eigenvalue weighted by molar-refractivity contribution is -0.103. The quantitative estimate of drug-likeness (QED) is 0.831. The van der Waals surface area contributed by atoms with E-state index in [-0.39, 0.29) is 11.2 Å². The predicted octanol–water partition coefficient (Wildman–Crippen LogP) is 3.31. The van der Waals surface area contributed by atoms with Crippen LogP contribution >= 0.6 is 0 Å². The largest absolute Gasteiger partial charge is 0.379 e. The van der Waals surface area contributed by atoms with Crippen LogP contribution in [0.1, 0.15) is 11.1 Å². The Labute approximate surface area is 118 Å². The van der Waals surface area contributed by atoms with E-state index in [4.69, 9.17) is 9.47 Å². The Bertz CT molecular complexity index is 564.